The monoisotopic (exact) mass is 375 g/mol. The van der Waals surface area contributed by atoms with Crippen molar-refractivity contribution in [2.24, 2.45) is 0 Å². The molecule has 0 aliphatic rings. The van der Waals surface area contributed by atoms with Crippen molar-refractivity contribution in [1.29, 1.82) is 0 Å². The summed E-state index contributed by atoms with van der Waals surface area (Å²) in [6.07, 6.45) is 0. The highest BCUT2D eigenvalue weighted by atomic mass is 35.5. The third-order valence-corrected chi connectivity index (χ3v) is 4.82. The van der Waals surface area contributed by atoms with E-state index in [1.54, 1.807) is 12.3 Å². The molecule has 0 radical (unpaired) electrons. The summed E-state index contributed by atoms with van der Waals surface area (Å²) < 4.78 is 5.17. The number of anilines is 1. The topological polar surface area (TPSA) is 55.3 Å². The van der Waals surface area contributed by atoms with Crippen LogP contribution < -0.4 is 4.90 Å². The first-order valence-corrected chi connectivity index (χ1v) is 9.30. The summed E-state index contributed by atoms with van der Waals surface area (Å²) in [4.78, 5) is 23.8. The second-order valence-corrected chi connectivity index (χ2v) is 6.56. The average molecular weight is 376 g/mol. The Labute approximate surface area is 155 Å². The lowest BCUT2D eigenvalue weighted by molar-refractivity contribution is 0.0529. The number of esters is 1. The Balaban J connectivity index is 2.09. The van der Waals surface area contributed by atoms with Crippen molar-refractivity contribution in [2.45, 2.75) is 20.4 Å². The number of hydrogen-bond acceptors (Lipinski definition) is 6. The third kappa shape index (κ3) is 3.75. The number of fused-ring (bicyclic) bond motifs is 1. The van der Waals surface area contributed by atoms with Gasteiger partial charge in [0.05, 0.1) is 17.6 Å². The number of carbonyl (C=O) groups is 1. The van der Waals surface area contributed by atoms with E-state index in [0.717, 1.165) is 12.1 Å². The zero-order chi connectivity index (χ0) is 17.8. The van der Waals surface area contributed by atoms with Crippen LogP contribution in [0.3, 0.4) is 0 Å². The summed E-state index contributed by atoms with van der Waals surface area (Å²) in [7, 11) is 0. The van der Waals surface area contributed by atoms with Gasteiger partial charge in [-0.15, -0.1) is 11.3 Å². The van der Waals surface area contributed by atoms with E-state index < -0.39 is 0 Å². The quantitative estimate of drug-likeness (QED) is 0.467. The van der Waals surface area contributed by atoms with Gasteiger partial charge < -0.3 is 9.64 Å². The van der Waals surface area contributed by atoms with Gasteiger partial charge in [0.15, 0.2) is 0 Å². The van der Waals surface area contributed by atoms with E-state index in [4.69, 9.17) is 16.3 Å². The van der Waals surface area contributed by atoms with Crippen LogP contribution in [-0.2, 0) is 11.3 Å². The van der Waals surface area contributed by atoms with E-state index in [0.29, 0.717) is 34.7 Å². The van der Waals surface area contributed by atoms with E-state index in [1.165, 1.54) is 11.3 Å². The Bertz CT molecular complexity index is 883. The largest absolute Gasteiger partial charge is 0.462 e. The Kier molecular flexibility index (Phi) is 5.50. The van der Waals surface area contributed by atoms with Crippen molar-refractivity contribution >= 4 is 44.9 Å². The Hall–Kier alpha value is -2.18. The molecular formula is C18H18ClN3O2S. The van der Waals surface area contributed by atoms with Crippen molar-refractivity contribution < 1.29 is 9.53 Å². The highest BCUT2D eigenvalue weighted by Gasteiger charge is 2.22. The second-order valence-electron chi connectivity index (χ2n) is 5.37. The number of rotatable bonds is 6. The zero-order valence-electron chi connectivity index (χ0n) is 14.0. The third-order valence-electron chi connectivity index (χ3n) is 3.78. The number of hydrogen-bond donors (Lipinski definition) is 0. The molecule has 0 amide bonds. The van der Waals surface area contributed by atoms with Crippen LogP contribution in [0.25, 0.3) is 10.2 Å². The predicted molar refractivity (Wildman–Crippen MR) is 102 cm³/mol. The van der Waals surface area contributed by atoms with Gasteiger partial charge in [0.1, 0.15) is 10.6 Å². The molecule has 2 heterocycles. The Morgan fingerprint density at radius 1 is 1.24 bits per heavy atom. The Morgan fingerprint density at radius 3 is 2.68 bits per heavy atom. The Morgan fingerprint density at radius 2 is 2.00 bits per heavy atom. The maximum atomic E-state index is 12.3. The van der Waals surface area contributed by atoms with Crippen LogP contribution >= 0.6 is 22.9 Å². The van der Waals surface area contributed by atoms with Gasteiger partial charge in [0.25, 0.3) is 0 Å². The molecule has 0 bridgehead atoms. The number of halogens is 1. The van der Waals surface area contributed by atoms with E-state index in [9.17, 15) is 4.79 Å². The first-order valence-electron chi connectivity index (χ1n) is 8.04. The zero-order valence-corrected chi connectivity index (χ0v) is 15.6. The number of ether oxygens (including phenoxy) is 1. The van der Waals surface area contributed by atoms with E-state index in [-0.39, 0.29) is 11.3 Å². The molecule has 0 aliphatic carbocycles. The fourth-order valence-corrected chi connectivity index (χ4v) is 3.74. The molecule has 0 saturated heterocycles. The van der Waals surface area contributed by atoms with Gasteiger partial charge in [0, 0.05) is 18.5 Å². The van der Waals surface area contributed by atoms with Gasteiger partial charge in [-0.1, -0.05) is 30.3 Å². The highest BCUT2D eigenvalue weighted by molar-refractivity contribution is 7.17. The summed E-state index contributed by atoms with van der Waals surface area (Å²) in [5.41, 5.74) is 1.64. The summed E-state index contributed by atoms with van der Waals surface area (Å²) >= 11 is 7.49. The molecule has 0 aliphatic heterocycles. The molecule has 5 nitrogen and oxygen atoms in total. The van der Waals surface area contributed by atoms with Crippen molar-refractivity contribution in [3.05, 3.63) is 52.1 Å². The standard InChI is InChI=1S/C18H18ClN3O2S/c1-3-22(10-12-8-6-5-7-9-12)15-14-13(17(23)24-4-2)11-25-16(14)21-18(19)20-15/h5-9,11H,3-4,10H2,1-2H3. The molecule has 25 heavy (non-hydrogen) atoms. The first kappa shape index (κ1) is 17.6. The van der Waals surface area contributed by atoms with Gasteiger partial charge in [-0.25, -0.2) is 9.78 Å². The van der Waals surface area contributed by atoms with Gasteiger partial charge in [-0.2, -0.15) is 4.98 Å². The summed E-state index contributed by atoms with van der Waals surface area (Å²) in [6.45, 7) is 5.53. The summed E-state index contributed by atoms with van der Waals surface area (Å²) in [5, 5.41) is 2.63. The fourth-order valence-electron chi connectivity index (χ4n) is 2.63. The minimum absolute atomic E-state index is 0.172. The highest BCUT2D eigenvalue weighted by Crippen LogP contribution is 2.34. The van der Waals surface area contributed by atoms with Crippen LogP contribution in [0.4, 0.5) is 5.82 Å². The number of nitrogens with zero attached hydrogens (tertiary/aromatic N) is 3. The maximum absolute atomic E-state index is 12.3. The van der Waals surface area contributed by atoms with Gasteiger partial charge in [-0.05, 0) is 31.0 Å². The van der Waals surface area contributed by atoms with Gasteiger partial charge in [0.2, 0.25) is 5.28 Å². The first-order chi connectivity index (χ1) is 12.1. The molecule has 3 rings (SSSR count). The molecule has 7 heteroatoms. The maximum Gasteiger partial charge on any atom is 0.339 e. The molecule has 3 aromatic rings. The van der Waals surface area contributed by atoms with Gasteiger partial charge in [-0.3, -0.25) is 0 Å². The molecule has 1 aromatic carbocycles. The smallest absolute Gasteiger partial charge is 0.339 e. The number of carbonyl (C=O) groups excluding carboxylic acids is 1. The molecule has 0 saturated carbocycles. The molecule has 130 valence electrons. The van der Waals surface area contributed by atoms with Crippen LogP contribution in [0, 0.1) is 0 Å². The molecule has 0 atom stereocenters. The molecule has 2 aromatic heterocycles. The number of thiophene rings is 1. The van der Waals surface area contributed by atoms with Crippen molar-refractivity contribution in [3.8, 4) is 0 Å². The molecule has 0 N–H and O–H groups in total. The molecular weight excluding hydrogens is 358 g/mol. The summed E-state index contributed by atoms with van der Waals surface area (Å²) in [6, 6.07) is 10.1. The average Bonchev–Trinajstić information content (AvgIpc) is 3.04. The van der Waals surface area contributed by atoms with Crippen LogP contribution in [0.15, 0.2) is 35.7 Å². The van der Waals surface area contributed by atoms with Crippen LogP contribution in [-0.4, -0.2) is 29.1 Å². The minimum atomic E-state index is -0.364. The minimum Gasteiger partial charge on any atom is -0.462 e. The lowest BCUT2D eigenvalue weighted by Gasteiger charge is -2.23. The lowest BCUT2D eigenvalue weighted by Crippen LogP contribution is -2.24. The fraction of sp³-hybridized carbons (Fsp3) is 0.278. The van der Waals surface area contributed by atoms with E-state index in [2.05, 4.69) is 27.0 Å². The van der Waals surface area contributed by atoms with Crippen LogP contribution in [0.5, 0.6) is 0 Å². The predicted octanol–water partition coefficient (Wildman–Crippen LogP) is 4.55. The van der Waals surface area contributed by atoms with E-state index >= 15 is 0 Å². The summed E-state index contributed by atoms with van der Waals surface area (Å²) in [5.74, 6) is 0.294. The molecule has 0 fully saturated rings. The normalized spacial score (nSPS) is 10.8. The SMILES string of the molecule is CCOC(=O)c1csc2nc(Cl)nc(N(CC)Cc3ccccc3)c12. The molecule has 0 spiro atoms. The lowest BCUT2D eigenvalue weighted by atomic mass is 10.2. The van der Waals surface area contributed by atoms with Crippen LogP contribution in [0.1, 0.15) is 29.8 Å². The number of benzene rings is 1. The second kappa shape index (κ2) is 7.80. The number of aromatic nitrogens is 2. The molecule has 0 unspecified atom stereocenters. The van der Waals surface area contributed by atoms with E-state index in [1.807, 2.05) is 25.1 Å². The van der Waals surface area contributed by atoms with Crippen molar-refractivity contribution in [2.75, 3.05) is 18.1 Å². The van der Waals surface area contributed by atoms with Crippen molar-refractivity contribution in [3.63, 3.8) is 0 Å². The van der Waals surface area contributed by atoms with Crippen LogP contribution in [0.2, 0.25) is 5.28 Å². The van der Waals surface area contributed by atoms with Crippen molar-refractivity contribution in [1.82, 2.24) is 9.97 Å². The van der Waals surface area contributed by atoms with Gasteiger partial charge >= 0.3 is 5.97 Å².